The summed E-state index contributed by atoms with van der Waals surface area (Å²) < 4.78 is 0. The fourth-order valence-corrected chi connectivity index (χ4v) is 2.06. The molecule has 0 aliphatic carbocycles. The fraction of sp³-hybridized carbons (Fsp3) is 0.176. The number of aliphatic imine (C=N–C) groups is 1. The molecule has 130 valence electrons. The Kier molecular flexibility index (Phi) is 6.47. The maximum absolute atomic E-state index is 12.1. The normalized spacial score (nSPS) is 12.8. The molecule has 1 aliphatic heterocycles. The van der Waals surface area contributed by atoms with E-state index >= 15 is 0 Å². The zero-order valence-electron chi connectivity index (χ0n) is 13.8. The van der Waals surface area contributed by atoms with Crippen LogP contribution in [0.15, 0.2) is 47.6 Å². The largest absolute Gasteiger partial charge is 0.322 e. The van der Waals surface area contributed by atoms with Crippen molar-refractivity contribution in [2.24, 2.45) is 4.99 Å². The second-order valence-electron chi connectivity index (χ2n) is 4.74. The molecule has 1 aliphatic rings. The molecule has 3 rings (SSSR count). The number of nitrogens with zero attached hydrogens (tertiary/aromatic N) is 2. The fourth-order valence-electron chi connectivity index (χ4n) is 1.95. The number of nitrogens with one attached hydrogen (secondary N) is 3. The molecule has 1 aromatic carbocycles. The number of rotatable bonds is 3. The van der Waals surface area contributed by atoms with Crippen molar-refractivity contribution in [3.05, 3.63) is 58.9 Å². The highest BCUT2D eigenvalue weighted by atomic mass is 35.5. The summed E-state index contributed by atoms with van der Waals surface area (Å²) in [6.45, 7) is 4.09. The van der Waals surface area contributed by atoms with E-state index in [1.165, 1.54) is 6.20 Å². The van der Waals surface area contributed by atoms with Gasteiger partial charge in [0.05, 0.1) is 5.56 Å². The van der Waals surface area contributed by atoms with Crippen LogP contribution in [0.2, 0.25) is 5.15 Å². The van der Waals surface area contributed by atoms with Crippen LogP contribution in [0.4, 0.5) is 5.69 Å². The van der Waals surface area contributed by atoms with Crippen molar-refractivity contribution in [2.45, 2.75) is 13.8 Å². The van der Waals surface area contributed by atoms with Crippen molar-refractivity contribution >= 4 is 34.9 Å². The highest BCUT2D eigenvalue weighted by Gasteiger charge is 2.12. The van der Waals surface area contributed by atoms with E-state index < -0.39 is 0 Å². The molecule has 0 unspecified atom stereocenters. The summed E-state index contributed by atoms with van der Waals surface area (Å²) in [5.41, 5.74) is 7.07. The van der Waals surface area contributed by atoms with Crippen LogP contribution in [0.1, 0.15) is 29.8 Å². The number of anilines is 1. The first kappa shape index (κ1) is 18.4. The third-order valence-corrected chi connectivity index (χ3v) is 3.33. The number of carbonyl (C=O) groups is 2. The Bertz CT molecular complexity index is 773. The highest BCUT2D eigenvalue weighted by molar-refractivity contribution is 6.29. The van der Waals surface area contributed by atoms with Gasteiger partial charge in [0.15, 0.2) is 0 Å². The van der Waals surface area contributed by atoms with Crippen molar-refractivity contribution in [1.82, 2.24) is 15.8 Å². The van der Waals surface area contributed by atoms with Crippen molar-refractivity contribution in [3.63, 3.8) is 0 Å². The SMILES string of the molecule is CC.O=C1CN=C(c2ccc(NC(=O)c3ccc(Cl)nc3)cc2)NN1. The molecule has 3 N–H and O–H groups in total. The summed E-state index contributed by atoms with van der Waals surface area (Å²) in [6, 6.07) is 10.2. The molecule has 1 aromatic heterocycles. The number of amides is 2. The van der Waals surface area contributed by atoms with Crippen molar-refractivity contribution in [2.75, 3.05) is 11.9 Å². The van der Waals surface area contributed by atoms with Gasteiger partial charge in [0.25, 0.3) is 11.8 Å². The number of aromatic nitrogens is 1. The Hall–Kier alpha value is -2.93. The second-order valence-corrected chi connectivity index (χ2v) is 5.13. The van der Waals surface area contributed by atoms with Crippen LogP contribution in [0.5, 0.6) is 0 Å². The first-order chi connectivity index (χ1) is 12.1. The van der Waals surface area contributed by atoms with Gasteiger partial charge in [-0.05, 0) is 36.4 Å². The van der Waals surface area contributed by atoms with Gasteiger partial charge in [-0.3, -0.25) is 25.4 Å². The van der Waals surface area contributed by atoms with E-state index in [2.05, 4.69) is 26.1 Å². The standard InChI is InChI=1S/C15H12ClN5O2.C2H6/c16-12-6-3-10(7-17-12)15(23)19-11-4-1-9(2-5-11)14-18-8-13(22)20-21-14;1-2/h1-7H,8H2,(H,18,21)(H,19,23)(H,20,22);1-2H3. The van der Waals surface area contributed by atoms with Crippen LogP contribution in [0.25, 0.3) is 0 Å². The predicted molar refractivity (Wildman–Crippen MR) is 97.7 cm³/mol. The third-order valence-electron chi connectivity index (χ3n) is 3.11. The maximum Gasteiger partial charge on any atom is 0.260 e. The average molecular weight is 360 g/mol. The third kappa shape index (κ3) is 5.02. The number of benzene rings is 1. The second kappa shape index (κ2) is 8.79. The molecule has 2 aromatic rings. The minimum atomic E-state index is -0.276. The van der Waals surface area contributed by atoms with Crippen molar-refractivity contribution < 1.29 is 9.59 Å². The van der Waals surface area contributed by atoms with E-state index in [0.717, 1.165) is 5.56 Å². The van der Waals surface area contributed by atoms with E-state index in [0.29, 0.717) is 22.2 Å². The van der Waals surface area contributed by atoms with Crippen LogP contribution in [-0.4, -0.2) is 29.2 Å². The summed E-state index contributed by atoms with van der Waals surface area (Å²) in [7, 11) is 0. The quantitative estimate of drug-likeness (QED) is 0.733. The lowest BCUT2D eigenvalue weighted by Crippen LogP contribution is -2.47. The molecular formula is C17H18ClN5O2. The predicted octanol–water partition coefficient (Wildman–Crippen LogP) is 2.39. The number of pyridine rings is 1. The Morgan fingerprint density at radius 3 is 2.40 bits per heavy atom. The summed E-state index contributed by atoms with van der Waals surface area (Å²) >= 11 is 5.69. The van der Waals surface area contributed by atoms with Gasteiger partial charge >= 0.3 is 0 Å². The molecule has 0 radical (unpaired) electrons. The topological polar surface area (TPSA) is 95.5 Å². The lowest BCUT2D eigenvalue weighted by Gasteiger charge is -2.15. The van der Waals surface area contributed by atoms with Gasteiger partial charge in [-0.2, -0.15) is 0 Å². The van der Waals surface area contributed by atoms with E-state index in [9.17, 15) is 9.59 Å². The van der Waals surface area contributed by atoms with Crippen molar-refractivity contribution in [3.8, 4) is 0 Å². The number of hydrogen-bond donors (Lipinski definition) is 3. The first-order valence-electron chi connectivity index (χ1n) is 7.74. The smallest absolute Gasteiger partial charge is 0.260 e. The highest BCUT2D eigenvalue weighted by Crippen LogP contribution is 2.13. The number of amidine groups is 1. The molecule has 7 nitrogen and oxygen atoms in total. The van der Waals surface area contributed by atoms with Gasteiger partial charge in [0.1, 0.15) is 17.5 Å². The van der Waals surface area contributed by atoms with Crippen LogP contribution in [0, 0.1) is 0 Å². The van der Waals surface area contributed by atoms with Gasteiger partial charge in [-0.1, -0.05) is 25.4 Å². The summed E-state index contributed by atoms with van der Waals surface area (Å²) in [4.78, 5) is 31.1. The number of hydrazine groups is 1. The van der Waals surface area contributed by atoms with E-state index in [1.807, 2.05) is 13.8 Å². The van der Waals surface area contributed by atoms with Crippen LogP contribution in [0.3, 0.4) is 0 Å². The number of carbonyl (C=O) groups excluding carboxylic acids is 2. The lowest BCUT2D eigenvalue weighted by atomic mass is 10.1. The summed E-state index contributed by atoms with van der Waals surface area (Å²) in [6.07, 6.45) is 1.41. The molecule has 0 saturated carbocycles. The minimum absolute atomic E-state index is 0.0877. The van der Waals surface area contributed by atoms with E-state index in [1.54, 1.807) is 36.4 Å². The monoisotopic (exact) mass is 359 g/mol. The lowest BCUT2D eigenvalue weighted by molar-refractivity contribution is -0.120. The molecular weight excluding hydrogens is 342 g/mol. The van der Waals surface area contributed by atoms with E-state index in [-0.39, 0.29) is 18.4 Å². The van der Waals surface area contributed by atoms with Crippen LogP contribution >= 0.6 is 11.6 Å². The van der Waals surface area contributed by atoms with E-state index in [4.69, 9.17) is 11.6 Å². The Balaban J connectivity index is 0.00000109. The molecule has 8 heteroatoms. The molecule has 0 atom stereocenters. The van der Waals surface area contributed by atoms with Gasteiger partial charge in [0, 0.05) is 17.4 Å². The Labute approximate surface area is 150 Å². The van der Waals surface area contributed by atoms with Gasteiger partial charge in [0.2, 0.25) is 0 Å². The maximum atomic E-state index is 12.1. The Morgan fingerprint density at radius 1 is 1.12 bits per heavy atom. The van der Waals surface area contributed by atoms with Crippen LogP contribution < -0.4 is 16.2 Å². The molecule has 25 heavy (non-hydrogen) atoms. The van der Waals surface area contributed by atoms with Gasteiger partial charge in [-0.15, -0.1) is 0 Å². The summed E-state index contributed by atoms with van der Waals surface area (Å²) in [5, 5.41) is 3.10. The molecule has 0 spiro atoms. The van der Waals surface area contributed by atoms with Crippen LogP contribution in [-0.2, 0) is 4.79 Å². The molecule has 2 amide bonds. The Morgan fingerprint density at radius 2 is 1.84 bits per heavy atom. The number of halogens is 1. The average Bonchev–Trinajstić information content (AvgIpc) is 2.65. The molecule has 0 fully saturated rings. The molecule has 0 saturated heterocycles. The number of hydrogen-bond acceptors (Lipinski definition) is 5. The molecule has 2 heterocycles. The zero-order chi connectivity index (χ0) is 18.2. The molecule has 0 bridgehead atoms. The summed E-state index contributed by atoms with van der Waals surface area (Å²) in [5.74, 6) is 0.112. The first-order valence-corrected chi connectivity index (χ1v) is 8.12. The van der Waals surface area contributed by atoms with Gasteiger partial charge in [-0.25, -0.2) is 4.98 Å². The minimum Gasteiger partial charge on any atom is -0.322 e. The van der Waals surface area contributed by atoms with Crippen molar-refractivity contribution in [1.29, 1.82) is 0 Å². The zero-order valence-corrected chi connectivity index (χ0v) is 14.6. The van der Waals surface area contributed by atoms with Gasteiger partial charge < -0.3 is 5.32 Å².